The van der Waals surface area contributed by atoms with E-state index in [2.05, 4.69) is 48.2 Å². The summed E-state index contributed by atoms with van der Waals surface area (Å²) in [6.45, 7) is 6.42. The number of thioether (sulfide) groups is 1. The van der Waals surface area contributed by atoms with Crippen molar-refractivity contribution in [2.75, 3.05) is 31.1 Å². The maximum Gasteiger partial charge on any atom is 0.263 e. The van der Waals surface area contributed by atoms with Crippen molar-refractivity contribution >= 4 is 23.6 Å². The molecule has 0 N–H and O–H groups in total. The molecule has 2 atom stereocenters. The molecule has 2 aromatic rings. The Balaban J connectivity index is 1.45. The number of benzene rings is 2. The number of carbonyl (C=O) groups is 2. The van der Waals surface area contributed by atoms with Gasteiger partial charge in [-0.25, -0.2) is 0 Å². The molecule has 2 aromatic carbocycles. The molecule has 3 aliphatic rings. The Hall–Kier alpha value is -2.47. The monoisotopic (exact) mass is 478 g/mol. The molecule has 5 nitrogen and oxygen atoms in total. The van der Waals surface area contributed by atoms with Gasteiger partial charge in [0.25, 0.3) is 5.91 Å². The number of carbonyl (C=O) groups excluding carboxylic acids is 2. The number of hydrogen-bond donors (Lipinski definition) is 0. The van der Waals surface area contributed by atoms with Gasteiger partial charge in [0.2, 0.25) is 5.91 Å². The van der Waals surface area contributed by atoms with Crippen LogP contribution in [0.3, 0.4) is 0 Å². The van der Waals surface area contributed by atoms with Crippen LogP contribution in [0.25, 0.3) is 0 Å². The van der Waals surface area contributed by atoms with Crippen LogP contribution in [0.15, 0.2) is 42.5 Å². The van der Waals surface area contributed by atoms with Crippen LogP contribution in [0.4, 0.5) is 0 Å². The molecule has 2 amide bonds. The van der Waals surface area contributed by atoms with Crippen molar-refractivity contribution in [2.45, 2.75) is 51.7 Å². The summed E-state index contributed by atoms with van der Waals surface area (Å²) in [5, 5.41) is 0. The van der Waals surface area contributed by atoms with E-state index in [9.17, 15) is 9.59 Å². The van der Waals surface area contributed by atoms with Gasteiger partial charge in [-0.15, -0.1) is 0 Å². The zero-order valence-corrected chi connectivity index (χ0v) is 21.0. The van der Waals surface area contributed by atoms with Gasteiger partial charge in [-0.2, -0.15) is 11.8 Å². The Labute approximate surface area is 206 Å². The molecule has 0 radical (unpaired) electrons. The highest BCUT2D eigenvalue weighted by Crippen LogP contribution is 2.41. The molecular weight excluding hydrogens is 444 g/mol. The molecule has 2 unspecified atom stereocenters. The lowest BCUT2D eigenvalue weighted by atomic mass is 9.87. The summed E-state index contributed by atoms with van der Waals surface area (Å²) in [5.74, 6) is 3.23. The van der Waals surface area contributed by atoms with Crippen molar-refractivity contribution in [2.24, 2.45) is 5.92 Å². The van der Waals surface area contributed by atoms with E-state index in [4.69, 9.17) is 4.74 Å². The number of amides is 2. The molecule has 0 spiro atoms. The molecule has 180 valence electrons. The number of hydrogen-bond acceptors (Lipinski definition) is 4. The van der Waals surface area contributed by atoms with Gasteiger partial charge < -0.3 is 14.5 Å². The van der Waals surface area contributed by atoms with Crippen LogP contribution in [0.1, 0.15) is 54.5 Å². The highest BCUT2D eigenvalue weighted by molar-refractivity contribution is 7.99. The highest BCUT2D eigenvalue weighted by atomic mass is 32.2. The molecule has 34 heavy (non-hydrogen) atoms. The third-order valence-electron chi connectivity index (χ3n) is 7.16. The van der Waals surface area contributed by atoms with Gasteiger partial charge in [0, 0.05) is 37.1 Å². The Morgan fingerprint density at radius 2 is 1.88 bits per heavy atom. The number of nitrogens with zero attached hydrogens (tertiary/aromatic N) is 2. The van der Waals surface area contributed by atoms with Gasteiger partial charge in [-0.3, -0.25) is 9.59 Å². The molecule has 1 saturated heterocycles. The fourth-order valence-corrected chi connectivity index (χ4v) is 6.03. The largest absolute Gasteiger partial charge is 0.481 e. The van der Waals surface area contributed by atoms with Gasteiger partial charge in [0.15, 0.2) is 6.10 Å². The van der Waals surface area contributed by atoms with Crippen LogP contribution in [0, 0.1) is 12.8 Å². The predicted molar refractivity (Wildman–Crippen MR) is 136 cm³/mol. The number of aryl methyl sites for hydroxylation is 1. The molecule has 2 heterocycles. The summed E-state index contributed by atoms with van der Waals surface area (Å²) in [6, 6.07) is 14.6. The van der Waals surface area contributed by atoms with E-state index in [1.165, 1.54) is 11.1 Å². The van der Waals surface area contributed by atoms with Crippen molar-refractivity contribution in [3.05, 3.63) is 64.7 Å². The van der Waals surface area contributed by atoms with E-state index >= 15 is 0 Å². The normalized spacial score (nSPS) is 21.1. The van der Waals surface area contributed by atoms with Crippen LogP contribution in [-0.2, 0) is 16.0 Å². The standard InChI is InChI=1S/C28H34N2O3S/c1-3-25(28(32)29-13-15-34-16-14-29)33-23-10-9-20-11-12-30(27(31)21-7-8-21)26(24(20)18-23)22-6-4-5-19(2)17-22/h4-6,9-10,17-18,21,25-26H,3,7-8,11-16H2,1-2H3. The van der Waals surface area contributed by atoms with Crippen LogP contribution in [0.5, 0.6) is 5.75 Å². The van der Waals surface area contributed by atoms with Gasteiger partial charge in [0.05, 0.1) is 6.04 Å². The van der Waals surface area contributed by atoms with Crippen molar-refractivity contribution < 1.29 is 14.3 Å². The lowest BCUT2D eigenvalue weighted by molar-refractivity contribution is -0.138. The number of rotatable bonds is 6. The molecule has 0 aromatic heterocycles. The molecule has 2 fully saturated rings. The van der Waals surface area contributed by atoms with Crippen molar-refractivity contribution in [1.29, 1.82) is 0 Å². The fraction of sp³-hybridized carbons (Fsp3) is 0.500. The van der Waals surface area contributed by atoms with Crippen molar-refractivity contribution in [3.8, 4) is 5.75 Å². The first-order valence-electron chi connectivity index (χ1n) is 12.6. The minimum atomic E-state index is -0.480. The van der Waals surface area contributed by atoms with Crippen LogP contribution in [-0.4, -0.2) is 58.9 Å². The lowest BCUT2D eigenvalue weighted by Crippen LogP contribution is -2.45. The summed E-state index contributed by atoms with van der Waals surface area (Å²) >= 11 is 1.90. The highest BCUT2D eigenvalue weighted by Gasteiger charge is 2.39. The second-order valence-corrected chi connectivity index (χ2v) is 10.9. The van der Waals surface area contributed by atoms with Crippen LogP contribution < -0.4 is 4.74 Å². The molecule has 5 rings (SSSR count). The second kappa shape index (κ2) is 10.0. The first kappa shape index (κ1) is 23.3. The van der Waals surface area contributed by atoms with E-state index in [1.807, 2.05) is 29.7 Å². The lowest BCUT2D eigenvalue weighted by Gasteiger charge is -2.38. The Kier molecular flexibility index (Phi) is 6.87. The maximum absolute atomic E-state index is 13.3. The van der Waals surface area contributed by atoms with Crippen LogP contribution >= 0.6 is 11.8 Å². The quantitative estimate of drug-likeness (QED) is 0.608. The first-order chi connectivity index (χ1) is 16.5. The van der Waals surface area contributed by atoms with E-state index in [0.717, 1.165) is 61.5 Å². The fourth-order valence-electron chi connectivity index (χ4n) is 5.13. The molecule has 6 heteroatoms. The maximum atomic E-state index is 13.3. The minimum absolute atomic E-state index is 0.0845. The molecule has 1 saturated carbocycles. The zero-order valence-electron chi connectivity index (χ0n) is 20.2. The Morgan fingerprint density at radius 1 is 1.09 bits per heavy atom. The zero-order chi connectivity index (χ0) is 23.7. The number of fused-ring (bicyclic) bond motifs is 1. The van der Waals surface area contributed by atoms with Gasteiger partial charge in [0.1, 0.15) is 5.75 Å². The van der Waals surface area contributed by atoms with Crippen molar-refractivity contribution in [3.63, 3.8) is 0 Å². The topological polar surface area (TPSA) is 49.9 Å². The Morgan fingerprint density at radius 3 is 2.59 bits per heavy atom. The van der Waals surface area contributed by atoms with E-state index in [0.29, 0.717) is 12.2 Å². The summed E-state index contributed by atoms with van der Waals surface area (Å²) in [7, 11) is 0. The summed E-state index contributed by atoms with van der Waals surface area (Å²) < 4.78 is 6.31. The molecule has 2 aliphatic heterocycles. The minimum Gasteiger partial charge on any atom is -0.481 e. The first-order valence-corrected chi connectivity index (χ1v) is 13.7. The smallest absolute Gasteiger partial charge is 0.263 e. The van der Waals surface area contributed by atoms with E-state index in [1.54, 1.807) is 0 Å². The summed E-state index contributed by atoms with van der Waals surface area (Å²) in [5.41, 5.74) is 4.71. The third kappa shape index (κ3) is 4.83. The average Bonchev–Trinajstić information content (AvgIpc) is 3.72. The van der Waals surface area contributed by atoms with Gasteiger partial charge >= 0.3 is 0 Å². The SMILES string of the molecule is CCC(Oc1ccc2c(c1)C(c1cccc(C)c1)N(C(=O)C1CC1)CC2)C(=O)N1CCSCC1. The van der Waals surface area contributed by atoms with Crippen molar-refractivity contribution in [1.82, 2.24) is 9.80 Å². The molecular formula is C28H34N2O3S. The summed E-state index contributed by atoms with van der Waals surface area (Å²) in [6.07, 6.45) is 3.00. The molecule has 0 bridgehead atoms. The molecule has 1 aliphatic carbocycles. The average molecular weight is 479 g/mol. The van der Waals surface area contributed by atoms with Gasteiger partial charge in [-0.1, -0.05) is 42.8 Å². The predicted octanol–water partition coefficient (Wildman–Crippen LogP) is 4.61. The second-order valence-electron chi connectivity index (χ2n) is 9.69. The van der Waals surface area contributed by atoms with E-state index in [-0.39, 0.29) is 23.8 Å². The van der Waals surface area contributed by atoms with E-state index < -0.39 is 6.10 Å². The van der Waals surface area contributed by atoms with Crippen LogP contribution in [0.2, 0.25) is 0 Å². The summed E-state index contributed by atoms with van der Waals surface area (Å²) in [4.78, 5) is 30.4. The number of ether oxygens (including phenoxy) is 1. The Bertz CT molecular complexity index is 1060. The van der Waals surface area contributed by atoms with Gasteiger partial charge in [-0.05, 0) is 61.4 Å². The third-order valence-corrected chi connectivity index (χ3v) is 8.10.